The van der Waals surface area contributed by atoms with Gasteiger partial charge < -0.3 is 19.1 Å². The van der Waals surface area contributed by atoms with Gasteiger partial charge in [-0.3, -0.25) is 9.59 Å². The number of amides is 2. The van der Waals surface area contributed by atoms with E-state index in [-0.39, 0.29) is 37.0 Å². The van der Waals surface area contributed by atoms with Crippen molar-refractivity contribution in [1.29, 1.82) is 5.26 Å². The maximum absolute atomic E-state index is 12.2. The summed E-state index contributed by atoms with van der Waals surface area (Å²) in [4.78, 5) is 25.5. The van der Waals surface area contributed by atoms with Crippen molar-refractivity contribution < 1.29 is 18.4 Å². The lowest BCUT2D eigenvalue weighted by atomic mass is 10.3. The van der Waals surface area contributed by atoms with E-state index in [1.807, 2.05) is 6.07 Å². The van der Waals surface area contributed by atoms with Crippen molar-refractivity contribution in [2.75, 3.05) is 13.1 Å². The van der Waals surface area contributed by atoms with Gasteiger partial charge in [-0.2, -0.15) is 5.26 Å². The molecule has 2 heterocycles. The molecule has 7 nitrogen and oxygen atoms in total. The van der Waals surface area contributed by atoms with Crippen LogP contribution in [0, 0.1) is 11.3 Å². The molecular formula is C16H17N3O4. The molecule has 0 saturated heterocycles. The fraction of sp³-hybridized carbons (Fsp3) is 0.312. The predicted molar refractivity (Wildman–Crippen MR) is 80.0 cm³/mol. The summed E-state index contributed by atoms with van der Waals surface area (Å²) in [6, 6.07) is 8.70. The van der Waals surface area contributed by atoms with Crippen LogP contribution in [0.3, 0.4) is 0 Å². The van der Waals surface area contributed by atoms with Gasteiger partial charge in [-0.1, -0.05) is 0 Å². The van der Waals surface area contributed by atoms with Crippen LogP contribution in [0.4, 0.5) is 0 Å². The van der Waals surface area contributed by atoms with Gasteiger partial charge in [-0.25, -0.2) is 0 Å². The van der Waals surface area contributed by atoms with Gasteiger partial charge >= 0.3 is 0 Å². The smallest absolute Gasteiger partial charge is 0.286 e. The molecule has 2 amide bonds. The zero-order chi connectivity index (χ0) is 16.5. The number of furan rings is 2. The van der Waals surface area contributed by atoms with Crippen molar-refractivity contribution in [3.8, 4) is 6.07 Å². The lowest BCUT2D eigenvalue weighted by Gasteiger charge is -2.20. The van der Waals surface area contributed by atoms with Crippen molar-refractivity contribution in [3.05, 3.63) is 48.3 Å². The molecule has 2 aromatic heterocycles. The Morgan fingerprint density at radius 2 is 2.00 bits per heavy atom. The molecule has 0 unspecified atom stereocenters. The molecule has 0 aliphatic carbocycles. The summed E-state index contributed by atoms with van der Waals surface area (Å²) in [5.74, 6) is 0.332. The van der Waals surface area contributed by atoms with Crippen molar-refractivity contribution in [2.24, 2.45) is 0 Å². The normalized spacial score (nSPS) is 10.0. The van der Waals surface area contributed by atoms with E-state index in [2.05, 4.69) is 5.32 Å². The van der Waals surface area contributed by atoms with E-state index in [0.29, 0.717) is 18.8 Å². The highest BCUT2D eigenvalue weighted by Gasteiger charge is 2.16. The maximum atomic E-state index is 12.2. The average molecular weight is 315 g/mol. The first-order chi connectivity index (χ1) is 11.2. The van der Waals surface area contributed by atoms with Crippen LogP contribution in [-0.4, -0.2) is 29.8 Å². The lowest BCUT2D eigenvalue weighted by Crippen LogP contribution is -2.34. The van der Waals surface area contributed by atoms with Crippen LogP contribution in [0.25, 0.3) is 0 Å². The molecule has 0 aliphatic rings. The molecule has 0 aliphatic heterocycles. The summed E-state index contributed by atoms with van der Waals surface area (Å²) < 4.78 is 10.2. The second-order valence-corrected chi connectivity index (χ2v) is 4.79. The first kappa shape index (κ1) is 16.4. The number of nitriles is 1. The topological polar surface area (TPSA) is 99.5 Å². The second kappa shape index (κ2) is 8.44. The molecule has 0 aromatic carbocycles. The Labute approximate surface area is 133 Å². The zero-order valence-corrected chi connectivity index (χ0v) is 12.5. The summed E-state index contributed by atoms with van der Waals surface area (Å²) in [7, 11) is 0. The number of carbonyl (C=O) groups is 2. The quantitative estimate of drug-likeness (QED) is 0.802. The largest absolute Gasteiger partial charge is 0.467 e. The third kappa shape index (κ3) is 5.04. The van der Waals surface area contributed by atoms with E-state index in [1.54, 1.807) is 29.2 Å². The molecule has 0 radical (unpaired) electrons. The second-order valence-electron chi connectivity index (χ2n) is 4.79. The fourth-order valence-electron chi connectivity index (χ4n) is 2.00. The SMILES string of the molecule is N#CCCN(Cc1ccco1)C(=O)CCNC(=O)c1ccco1. The molecule has 2 aromatic rings. The Morgan fingerprint density at radius 1 is 1.22 bits per heavy atom. The molecule has 1 N–H and O–H groups in total. The van der Waals surface area contributed by atoms with Crippen molar-refractivity contribution >= 4 is 11.8 Å². The summed E-state index contributed by atoms with van der Waals surface area (Å²) in [5.41, 5.74) is 0. The van der Waals surface area contributed by atoms with Crippen LogP contribution in [-0.2, 0) is 11.3 Å². The highest BCUT2D eigenvalue weighted by molar-refractivity contribution is 5.91. The Kier molecular flexibility index (Phi) is 6.00. The van der Waals surface area contributed by atoms with Crippen LogP contribution < -0.4 is 5.32 Å². The van der Waals surface area contributed by atoms with Crippen LogP contribution >= 0.6 is 0 Å². The average Bonchev–Trinajstić information content (AvgIpc) is 3.24. The predicted octanol–water partition coefficient (Wildman–Crippen LogP) is 1.93. The van der Waals surface area contributed by atoms with Gasteiger partial charge in [0, 0.05) is 19.5 Å². The van der Waals surface area contributed by atoms with E-state index in [0.717, 1.165) is 0 Å². The molecule has 23 heavy (non-hydrogen) atoms. The van der Waals surface area contributed by atoms with Crippen molar-refractivity contribution in [3.63, 3.8) is 0 Å². The standard InChI is InChI=1S/C16H17N3O4/c17-7-3-9-19(12-13-4-1-10-22-13)15(20)6-8-18-16(21)14-5-2-11-23-14/h1-2,4-5,10-11H,3,6,8-9,12H2,(H,18,21). The first-order valence-corrected chi connectivity index (χ1v) is 7.19. The minimum Gasteiger partial charge on any atom is -0.467 e. The molecule has 0 bridgehead atoms. The number of hydrogen-bond donors (Lipinski definition) is 1. The Morgan fingerprint density at radius 3 is 2.65 bits per heavy atom. The molecular weight excluding hydrogens is 298 g/mol. The highest BCUT2D eigenvalue weighted by Crippen LogP contribution is 2.08. The number of nitrogens with one attached hydrogen (secondary N) is 1. The molecule has 0 saturated carbocycles. The highest BCUT2D eigenvalue weighted by atomic mass is 16.3. The van der Waals surface area contributed by atoms with Crippen molar-refractivity contribution in [1.82, 2.24) is 10.2 Å². The van der Waals surface area contributed by atoms with Crippen LogP contribution in [0.1, 0.15) is 29.2 Å². The summed E-state index contributed by atoms with van der Waals surface area (Å²) in [6.07, 6.45) is 3.32. The van der Waals surface area contributed by atoms with Gasteiger partial charge in [0.15, 0.2) is 5.76 Å². The molecule has 0 spiro atoms. The zero-order valence-electron chi connectivity index (χ0n) is 12.5. The molecule has 7 heteroatoms. The van der Waals surface area contributed by atoms with E-state index < -0.39 is 0 Å². The van der Waals surface area contributed by atoms with Gasteiger partial charge in [0.05, 0.1) is 31.6 Å². The first-order valence-electron chi connectivity index (χ1n) is 7.19. The number of hydrogen-bond acceptors (Lipinski definition) is 5. The Hall–Kier alpha value is -3.01. The Bertz CT molecular complexity index is 656. The Balaban J connectivity index is 1.82. The van der Waals surface area contributed by atoms with Crippen LogP contribution in [0.2, 0.25) is 0 Å². The number of nitrogens with zero attached hydrogens (tertiary/aromatic N) is 2. The van der Waals surface area contributed by atoms with Gasteiger partial charge in [-0.15, -0.1) is 0 Å². The monoisotopic (exact) mass is 315 g/mol. The lowest BCUT2D eigenvalue weighted by molar-refractivity contribution is -0.131. The van der Waals surface area contributed by atoms with Crippen molar-refractivity contribution in [2.45, 2.75) is 19.4 Å². The van der Waals surface area contributed by atoms with Crippen LogP contribution in [0.15, 0.2) is 45.6 Å². The van der Waals surface area contributed by atoms with E-state index in [1.165, 1.54) is 12.5 Å². The van der Waals surface area contributed by atoms with E-state index in [9.17, 15) is 9.59 Å². The minimum atomic E-state index is -0.364. The van der Waals surface area contributed by atoms with Gasteiger partial charge in [0.1, 0.15) is 5.76 Å². The summed E-state index contributed by atoms with van der Waals surface area (Å²) in [5, 5.41) is 11.3. The molecule has 0 fully saturated rings. The van der Waals surface area contributed by atoms with E-state index in [4.69, 9.17) is 14.1 Å². The van der Waals surface area contributed by atoms with Gasteiger partial charge in [0.25, 0.3) is 5.91 Å². The van der Waals surface area contributed by atoms with Gasteiger partial charge in [0.2, 0.25) is 5.91 Å². The fourth-order valence-corrected chi connectivity index (χ4v) is 2.00. The molecule has 120 valence electrons. The summed E-state index contributed by atoms with van der Waals surface area (Å²) in [6.45, 7) is 0.821. The molecule has 2 rings (SSSR count). The van der Waals surface area contributed by atoms with Crippen LogP contribution in [0.5, 0.6) is 0 Å². The third-order valence-corrected chi connectivity index (χ3v) is 3.14. The number of rotatable bonds is 8. The van der Waals surface area contributed by atoms with E-state index >= 15 is 0 Å². The van der Waals surface area contributed by atoms with Gasteiger partial charge in [-0.05, 0) is 24.3 Å². The summed E-state index contributed by atoms with van der Waals surface area (Å²) >= 11 is 0. The third-order valence-electron chi connectivity index (χ3n) is 3.14. The minimum absolute atomic E-state index is 0.137. The number of carbonyl (C=O) groups excluding carboxylic acids is 2. The maximum Gasteiger partial charge on any atom is 0.286 e. The molecule has 0 atom stereocenters.